The summed E-state index contributed by atoms with van der Waals surface area (Å²) in [5.41, 5.74) is 3.94. The summed E-state index contributed by atoms with van der Waals surface area (Å²) >= 11 is 0. The zero-order valence-corrected chi connectivity index (χ0v) is 13.8. The van der Waals surface area contributed by atoms with E-state index < -0.39 is 0 Å². The fraction of sp³-hybridized carbons (Fsp3) is 1.00. The normalized spacial score (nSPS) is 50.3. The van der Waals surface area contributed by atoms with Crippen LogP contribution in [0, 0.1) is 35.0 Å². The standard InChI is InChI=1S/C19H34N2/c1-13-3-2-4-17(5-13)18(21-20)12-19-9-14-6-15(10-19)8-16(7-14)11-19/h13-18,21H,2-12,20H2,1H3. The second-order valence-corrected chi connectivity index (χ2v) is 9.43. The zero-order valence-electron chi connectivity index (χ0n) is 13.8. The third-order valence-corrected chi connectivity index (χ3v) is 7.58. The van der Waals surface area contributed by atoms with Crippen molar-refractivity contribution in [3.63, 3.8) is 0 Å². The summed E-state index contributed by atoms with van der Waals surface area (Å²) in [4.78, 5) is 0. The Bertz CT molecular complexity index is 342. The second kappa shape index (κ2) is 5.53. The van der Waals surface area contributed by atoms with Crippen molar-refractivity contribution < 1.29 is 0 Å². The summed E-state index contributed by atoms with van der Waals surface area (Å²) in [6.45, 7) is 2.43. The fourth-order valence-electron chi connectivity index (χ4n) is 7.21. The van der Waals surface area contributed by atoms with Crippen LogP contribution in [0.25, 0.3) is 0 Å². The predicted molar refractivity (Wildman–Crippen MR) is 87.5 cm³/mol. The molecule has 5 saturated carbocycles. The van der Waals surface area contributed by atoms with Gasteiger partial charge in [-0.05, 0) is 92.8 Å². The number of nitrogens with one attached hydrogen (secondary N) is 1. The molecule has 2 nitrogen and oxygen atoms in total. The quantitative estimate of drug-likeness (QED) is 0.600. The van der Waals surface area contributed by atoms with Crippen molar-refractivity contribution in [1.29, 1.82) is 0 Å². The maximum Gasteiger partial charge on any atom is 0.0244 e. The molecule has 3 N–H and O–H groups in total. The minimum absolute atomic E-state index is 0.587. The molecule has 0 amide bonds. The van der Waals surface area contributed by atoms with Gasteiger partial charge in [-0.1, -0.05) is 19.8 Å². The highest BCUT2D eigenvalue weighted by Crippen LogP contribution is 2.62. The van der Waals surface area contributed by atoms with Gasteiger partial charge in [0.05, 0.1) is 0 Å². The number of hydrogen-bond acceptors (Lipinski definition) is 2. The molecule has 0 spiro atoms. The van der Waals surface area contributed by atoms with E-state index in [1.54, 1.807) is 19.3 Å². The SMILES string of the molecule is CC1CCCC(C(CC23CC4CC(CC(C4)C2)C3)NN)C1. The van der Waals surface area contributed by atoms with Crippen molar-refractivity contribution in [3.8, 4) is 0 Å². The Hall–Kier alpha value is -0.0800. The van der Waals surface area contributed by atoms with Crippen molar-refractivity contribution in [2.24, 2.45) is 40.8 Å². The average Bonchev–Trinajstić information content (AvgIpc) is 2.43. The number of nitrogens with two attached hydrogens (primary N) is 1. The molecule has 0 aromatic carbocycles. The minimum Gasteiger partial charge on any atom is -0.271 e. The van der Waals surface area contributed by atoms with Crippen LogP contribution in [-0.4, -0.2) is 6.04 Å². The largest absolute Gasteiger partial charge is 0.271 e. The molecule has 2 heteroatoms. The molecule has 120 valence electrons. The lowest BCUT2D eigenvalue weighted by Crippen LogP contribution is -2.51. The van der Waals surface area contributed by atoms with Gasteiger partial charge in [0.25, 0.3) is 0 Å². The van der Waals surface area contributed by atoms with Crippen LogP contribution in [0.2, 0.25) is 0 Å². The molecule has 0 saturated heterocycles. The lowest BCUT2D eigenvalue weighted by Gasteiger charge is -2.58. The van der Waals surface area contributed by atoms with Gasteiger partial charge in [0.2, 0.25) is 0 Å². The van der Waals surface area contributed by atoms with Crippen LogP contribution < -0.4 is 11.3 Å². The van der Waals surface area contributed by atoms with Crippen molar-refractivity contribution in [1.82, 2.24) is 5.43 Å². The van der Waals surface area contributed by atoms with Crippen molar-refractivity contribution in [3.05, 3.63) is 0 Å². The first-order valence-corrected chi connectivity index (χ1v) is 9.62. The Morgan fingerprint density at radius 2 is 1.62 bits per heavy atom. The molecular formula is C19H34N2. The van der Waals surface area contributed by atoms with Gasteiger partial charge in [0.1, 0.15) is 0 Å². The predicted octanol–water partition coefficient (Wildman–Crippen LogP) is 4.25. The van der Waals surface area contributed by atoms with Crippen molar-refractivity contribution in [2.75, 3.05) is 0 Å². The van der Waals surface area contributed by atoms with E-state index >= 15 is 0 Å². The molecule has 4 bridgehead atoms. The van der Waals surface area contributed by atoms with Gasteiger partial charge in [0.15, 0.2) is 0 Å². The Morgan fingerprint density at radius 3 is 2.14 bits per heavy atom. The molecule has 0 aromatic heterocycles. The van der Waals surface area contributed by atoms with Crippen LogP contribution >= 0.6 is 0 Å². The molecule has 0 aliphatic heterocycles. The van der Waals surface area contributed by atoms with Gasteiger partial charge in [-0.15, -0.1) is 0 Å². The van der Waals surface area contributed by atoms with Gasteiger partial charge < -0.3 is 0 Å². The molecule has 0 radical (unpaired) electrons. The molecule has 0 aromatic rings. The van der Waals surface area contributed by atoms with Crippen LogP contribution in [0.3, 0.4) is 0 Å². The number of hydrogen-bond donors (Lipinski definition) is 2. The summed E-state index contributed by atoms with van der Waals surface area (Å²) in [5.74, 6) is 11.0. The van der Waals surface area contributed by atoms with Gasteiger partial charge in [-0.2, -0.15) is 0 Å². The van der Waals surface area contributed by atoms with Crippen LogP contribution in [-0.2, 0) is 0 Å². The second-order valence-electron chi connectivity index (χ2n) is 9.43. The van der Waals surface area contributed by atoms with E-state index in [0.717, 1.165) is 29.6 Å². The van der Waals surface area contributed by atoms with Gasteiger partial charge in [-0.3, -0.25) is 11.3 Å². The zero-order chi connectivity index (χ0) is 14.4. The van der Waals surface area contributed by atoms with E-state index in [4.69, 9.17) is 5.84 Å². The third kappa shape index (κ3) is 2.79. The van der Waals surface area contributed by atoms with E-state index in [-0.39, 0.29) is 0 Å². The first-order chi connectivity index (χ1) is 10.2. The smallest absolute Gasteiger partial charge is 0.0244 e. The topological polar surface area (TPSA) is 38.0 Å². The monoisotopic (exact) mass is 290 g/mol. The van der Waals surface area contributed by atoms with Crippen molar-refractivity contribution >= 4 is 0 Å². The summed E-state index contributed by atoms with van der Waals surface area (Å²) in [5, 5.41) is 0. The summed E-state index contributed by atoms with van der Waals surface area (Å²) in [6.07, 6.45) is 16.3. The Morgan fingerprint density at radius 1 is 1.00 bits per heavy atom. The first-order valence-electron chi connectivity index (χ1n) is 9.62. The molecule has 5 aliphatic rings. The minimum atomic E-state index is 0.587. The first kappa shape index (κ1) is 14.5. The maximum absolute atomic E-state index is 6.03. The highest BCUT2D eigenvalue weighted by molar-refractivity contribution is 5.03. The van der Waals surface area contributed by atoms with E-state index in [9.17, 15) is 0 Å². The molecule has 5 fully saturated rings. The van der Waals surface area contributed by atoms with Crippen LogP contribution in [0.4, 0.5) is 0 Å². The van der Waals surface area contributed by atoms with Gasteiger partial charge >= 0.3 is 0 Å². The maximum atomic E-state index is 6.03. The highest BCUT2D eigenvalue weighted by atomic mass is 15.2. The Kier molecular flexibility index (Phi) is 3.82. The van der Waals surface area contributed by atoms with E-state index in [0.29, 0.717) is 11.5 Å². The number of rotatable bonds is 4. The molecule has 0 heterocycles. The molecule has 3 unspecified atom stereocenters. The van der Waals surface area contributed by atoms with Crippen LogP contribution in [0.1, 0.15) is 77.6 Å². The number of hydrazine groups is 1. The van der Waals surface area contributed by atoms with E-state index in [2.05, 4.69) is 12.3 Å². The Labute approximate surface area is 130 Å². The molecule has 3 atom stereocenters. The van der Waals surface area contributed by atoms with E-state index in [1.807, 2.05) is 0 Å². The van der Waals surface area contributed by atoms with Crippen LogP contribution in [0.15, 0.2) is 0 Å². The van der Waals surface area contributed by atoms with Crippen LogP contribution in [0.5, 0.6) is 0 Å². The highest BCUT2D eigenvalue weighted by Gasteiger charge is 2.51. The summed E-state index contributed by atoms with van der Waals surface area (Å²) in [6, 6.07) is 0.587. The average molecular weight is 290 g/mol. The molecule has 5 rings (SSSR count). The molecular weight excluding hydrogens is 256 g/mol. The molecule has 21 heavy (non-hydrogen) atoms. The Balaban J connectivity index is 1.46. The molecule has 5 aliphatic carbocycles. The summed E-state index contributed by atoms with van der Waals surface area (Å²) in [7, 11) is 0. The lowest BCUT2D eigenvalue weighted by molar-refractivity contribution is -0.0663. The van der Waals surface area contributed by atoms with Crippen molar-refractivity contribution in [2.45, 2.75) is 83.6 Å². The van der Waals surface area contributed by atoms with E-state index in [1.165, 1.54) is 51.4 Å². The lowest BCUT2D eigenvalue weighted by atomic mass is 9.48. The van der Waals surface area contributed by atoms with Gasteiger partial charge in [0, 0.05) is 6.04 Å². The van der Waals surface area contributed by atoms with Gasteiger partial charge in [-0.25, -0.2) is 0 Å². The third-order valence-electron chi connectivity index (χ3n) is 7.58. The summed E-state index contributed by atoms with van der Waals surface area (Å²) < 4.78 is 0. The fourth-order valence-corrected chi connectivity index (χ4v) is 7.21.